The second-order valence-electron chi connectivity index (χ2n) is 5.14. The molecule has 0 aromatic heterocycles. The first kappa shape index (κ1) is 13.5. The van der Waals surface area contributed by atoms with Gasteiger partial charge in [0.1, 0.15) is 0 Å². The van der Waals surface area contributed by atoms with Crippen LogP contribution in [0, 0.1) is 11.3 Å². The van der Waals surface area contributed by atoms with E-state index in [2.05, 4.69) is 0 Å². The van der Waals surface area contributed by atoms with Crippen LogP contribution in [0.5, 0.6) is 0 Å². The third-order valence-electron chi connectivity index (χ3n) is 3.24. The molecule has 0 heterocycles. The van der Waals surface area contributed by atoms with Gasteiger partial charge in [-0.25, -0.2) is 8.42 Å². The fourth-order valence-corrected chi connectivity index (χ4v) is 4.49. The lowest BCUT2D eigenvalue weighted by Gasteiger charge is -2.15. The summed E-state index contributed by atoms with van der Waals surface area (Å²) in [4.78, 5) is 10.6. The van der Waals surface area contributed by atoms with Gasteiger partial charge < -0.3 is 5.11 Å². The van der Waals surface area contributed by atoms with Crippen molar-refractivity contribution in [3.63, 3.8) is 0 Å². The molecule has 1 rings (SSSR count). The topological polar surface area (TPSA) is 71.4 Å². The lowest BCUT2D eigenvalue weighted by molar-refractivity contribution is -0.138. The van der Waals surface area contributed by atoms with Gasteiger partial charge in [0.15, 0.2) is 9.84 Å². The predicted octanol–water partition coefficient (Wildman–Crippen LogP) is 1.70. The third-order valence-corrected chi connectivity index (χ3v) is 5.37. The Balaban J connectivity index is 2.56. The summed E-state index contributed by atoms with van der Waals surface area (Å²) in [5.41, 5.74) is -0.446. The maximum Gasteiger partial charge on any atom is 0.303 e. The normalized spacial score (nSPS) is 20.4. The maximum absolute atomic E-state index is 11.8. The Morgan fingerprint density at radius 1 is 1.44 bits per heavy atom. The maximum atomic E-state index is 11.8. The van der Waals surface area contributed by atoms with Gasteiger partial charge >= 0.3 is 5.97 Å². The van der Waals surface area contributed by atoms with Crippen LogP contribution in [0.1, 0.15) is 39.5 Å². The Hall–Kier alpha value is -0.580. The summed E-state index contributed by atoms with van der Waals surface area (Å²) in [6.45, 7) is 3.87. The van der Waals surface area contributed by atoms with E-state index in [4.69, 9.17) is 5.11 Å². The fourth-order valence-electron chi connectivity index (χ4n) is 1.95. The second-order valence-corrected chi connectivity index (χ2v) is 7.25. The first-order valence-electron chi connectivity index (χ1n) is 5.71. The summed E-state index contributed by atoms with van der Waals surface area (Å²) in [6, 6.07) is 0. The first-order chi connectivity index (χ1) is 7.29. The van der Waals surface area contributed by atoms with Gasteiger partial charge in [0, 0.05) is 0 Å². The van der Waals surface area contributed by atoms with Crippen LogP contribution in [0.3, 0.4) is 0 Å². The van der Waals surface area contributed by atoms with E-state index in [9.17, 15) is 13.2 Å². The molecule has 1 N–H and O–H groups in total. The van der Waals surface area contributed by atoms with Gasteiger partial charge in [-0.1, -0.05) is 20.3 Å². The minimum atomic E-state index is -3.10. The summed E-state index contributed by atoms with van der Waals surface area (Å²) in [6.07, 6.45) is 2.30. The molecule has 0 saturated heterocycles. The highest BCUT2D eigenvalue weighted by Crippen LogP contribution is 2.50. The van der Waals surface area contributed by atoms with Crippen molar-refractivity contribution in [1.82, 2.24) is 0 Å². The molecule has 0 amide bonds. The van der Waals surface area contributed by atoms with Gasteiger partial charge in [0.05, 0.1) is 17.9 Å². The Bertz CT molecular complexity index is 354. The third kappa shape index (κ3) is 4.12. The zero-order valence-corrected chi connectivity index (χ0v) is 10.7. The molecule has 0 radical (unpaired) electrons. The van der Waals surface area contributed by atoms with Gasteiger partial charge in [-0.3, -0.25) is 4.79 Å². The molecule has 1 saturated carbocycles. The number of rotatable bonds is 7. The van der Waals surface area contributed by atoms with E-state index in [-0.39, 0.29) is 23.8 Å². The van der Waals surface area contributed by atoms with Crippen LogP contribution >= 0.6 is 0 Å². The number of carboxylic acids is 1. The Kier molecular flexibility index (Phi) is 3.99. The molecule has 16 heavy (non-hydrogen) atoms. The molecule has 0 spiro atoms. The minimum Gasteiger partial charge on any atom is -0.481 e. The van der Waals surface area contributed by atoms with Crippen molar-refractivity contribution in [3.05, 3.63) is 0 Å². The molecule has 5 heteroatoms. The first-order valence-corrected chi connectivity index (χ1v) is 7.53. The molecule has 0 aromatic carbocycles. The van der Waals surface area contributed by atoms with E-state index >= 15 is 0 Å². The number of hydrogen-bond acceptors (Lipinski definition) is 3. The zero-order valence-electron chi connectivity index (χ0n) is 9.90. The fraction of sp³-hybridized carbons (Fsp3) is 0.909. The summed E-state index contributed by atoms with van der Waals surface area (Å²) in [5.74, 6) is -0.497. The highest BCUT2D eigenvalue weighted by atomic mass is 32.2. The smallest absolute Gasteiger partial charge is 0.303 e. The molecule has 0 aromatic rings. The van der Waals surface area contributed by atoms with E-state index in [1.165, 1.54) is 0 Å². The van der Waals surface area contributed by atoms with Crippen molar-refractivity contribution in [2.24, 2.45) is 11.3 Å². The molecule has 4 nitrogen and oxygen atoms in total. The minimum absolute atomic E-state index is 0.00721. The molecule has 1 aliphatic carbocycles. The molecule has 1 unspecified atom stereocenters. The van der Waals surface area contributed by atoms with E-state index in [1.807, 2.05) is 13.8 Å². The molecular formula is C11H20O4S. The lowest BCUT2D eigenvalue weighted by atomic mass is 10.1. The number of hydrogen-bond donors (Lipinski definition) is 1. The second kappa shape index (κ2) is 4.73. The average Bonchev–Trinajstić information content (AvgIpc) is 2.80. The molecular weight excluding hydrogens is 228 g/mol. The molecule has 1 atom stereocenters. The van der Waals surface area contributed by atoms with Crippen molar-refractivity contribution < 1.29 is 18.3 Å². The lowest BCUT2D eigenvalue weighted by Crippen LogP contribution is -2.24. The summed E-state index contributed by atoms with van der Waals surface area (Å²) < 4.78 is 23.7. The standard InChI is InChI=1S/C11H20O4S/c1-3-9(2)7-16(14,15)8-11(4-5-11)6-10(12)13/h9H,3-8H2,1-2H3,(H,12,13). The van der Waals surface area contributed by atoms with Crippen molar-refractivity contribution in [3.8, 4) is 0 Å². The predicted molar refractivity (Wildman–Crippen MR) is 62.0 cm³/mol. The summed E-state index contributed by atoms with van der Waals surface area (Å²) in [7, 11) is -3.10. The van der Waals surface area contributed by atoms with Crippen molar-refractivity contribution in [1.29, 1.82) is 0 Å². The highest BCUT2D eigenvalue weighted by molar-refractivity contribution is 7.91. The molecule has 94 valence electrons. The van der Waals surface area contributed by atoms with E-state index < -0.39 is 21.2 Å². The molecule has 1 fully saturated rings. The summed E-state index contributed by atoms with van der Waals surface area (Å²) >= 11 is 0. The Morgan fingerprint density at radius 3 is 2.38 bits per heavy atom. The van der Waals surface area contributed by atoms with Gasteiger partial charge in [0.2, 0.25) is 0 Å². The van der Waals surface area contributed by atoms with Crippen LogP contribution in [0.2, 0.25) is 0 Å². The SMILES string of the molecule is CCC(C)CS(=O)(=O)CC1(CC(=O)O)CC1. The van der Waals surface area contributed by atoms with Crippen LogP contribution in [-0.2, 0) is 14.6 Å². The highest BCUT2D eigenvalue weighted by Gasteiger charge is 2.47. The number of sulfone groups is 1. The molecule has 0 aliphatic heterocycles. The van der Waals surface area contributed by atoms with Crippen molar-refractivity contribution >= 4 is 15.8 Å². The molecule has 0 bridgehead atoms. The van der Waals surface area contributed by atoms with Gasteiger partial charge in [0.25, 0.3) is 0 Å². The van der Waals surface area contributed by atoms with Crippen LogP contribution in [0.4, 0.5) is 0 Å². The van der Waals surface area contributed by atoms with Crippen LogP contribution in [0.15, 0.2) is 0 Å². The number of aliphatic carboxylic acids is 1. The van der Waals surface area contributed by atoms with Crippen LogP contribution in [0.25, 0.3) is 0 Å². The van der Waals surface area contributed by atoms with E-state index in [1.54, 1.807) is 0 Å². The van der Waals surface area contributed by atoms with E-state index in [0.717, 1.165) is 19.3 Å². The molecule has 1 aliphatic rings. The monoisotopic (exact) mass is 248 g/mol. The Morgan fingerprint density at radius 2 is 2.00 bits per heavy atom. The van der Waals surface area contributed by atoms with Crippen LogP contribution in [-0.4, -0.2) is 31.0 Å². The average molecular weight is 248 g/mol. The largest absolute Gasteiger partial charge is 0.481 e. The van der Waals surface area contributed by atoms with Crippen molar-refractivity contribution in [2.45, 2.75) is 39.5 Å². The van der Waals surface area contributed by atoms with Gasteiger partial charge in [-0.15, -0.1) is 0 Å². The van der Waals surface area contributed by atoms with Gasteiger partial charge in [-0.2, -0.15) is 0 Å². The number of carbonyl (C=O) groups is 1. The van der Waals surface area contributed by atoms with Gasteiger partial charge in [-0.05, 0) is 24.2 Å². The summed E-state index contributed by atoms with van der Waals surface area (Å²) in [5, 5.41) is 8.72. The Labute approximate surface area is 97.0 Å². The van der Waals surface area contributed by atoms with E-state index in [0.29, 0.717) is 0 Å². The van der Waals surface area contributed by atoms with Crippen LogP contribution < -0.4 is 0 Å². The number of carboxylic acid groups (broad SMARTS) is 1. The quantitative estimate of drug-likeness (QED) is 0.744. The van der Waals surface area contributed by atoms with Crippen molar-refractivity contribution in [2.75, 3.05) is 11.5 Å². The zero-order chi connectivity index (χ0) is 12.4.